The van der Waals surface area contributed by atoms with E-state index in [2.05, 4.69) is 4.98 Å². The molecule has 27 heavy (non-hydrogen) atoms. The number of amides is 1. The Balaban J connectivity index is 1.77. The molecule has 0 radical (unpaired) electrons. The quantitative estimate of drug-likeness (QED) is 0.649. The van der Waals surface area contributed by atoms with E-state index in [4.69, 9.17) is 11.5 Å². The molecule has 2 heterocycles. The fourth-order valence-electron chi connectivity index (χ4n) is 3.85. The molecule has 4 rings (SSSR count). The number of para-hydroxylation sites is 1. The molecule has 1 aliphatic heterocycles. The van der Waals surface area contributed by atoms with Crippen LogP contribution in [0, 0.1) is 0 Å². The first kappa shape index (κ1) is 17.7. The lowest BCUT2D eigenvalue weighted by molar-refractivity contribution is 0.0724. The van der Waals surface area contributed by atoms with Gasteiger partial charge in [0.15, 0.2) is 0 Å². The SMILES string of the molecule is NCC(F)C[C@H](N)CN1Cc2ccccc2-c2c([nH]c3ccccc23)C1=O. The van der Waals surface area contributed by atoms with Crippen molar-refractivity contribution >= 4 is 16.8 Å². The van der Waals surface area contributed by atoms with Crippen LogP contribution in [0.1, 0.15) is 22.5 Å². The summed E-state index contributed by atoms with van der Waals surface area (Å²) in [6.45, 7) is 0.665. The molecule has 3 aromatic rings. The van der Waals surface area contributed by atoms with Gasteiger partial charge in [-0.2, -0.15) is 0 Å². The molecule has 5 nitrogen and oxygen atoms in total. The molecule has 1 unspecified atom stereocenters. The van der Waals surface area contributed by atoms with E-state index in [-0.39, 0.29) is 25.4 Å². The van der Waals surface area contributed by atoms with E-state index in [1.54, 1.807) is 4.90 Å². The van der Waals surface area contributed by atoms with Gasteiger partial charge in [-0.3, -0.25) is 4.79 Å². The molecule has 6 heteroatoms. The molecule has 1 amide bonds. The lowest BCUT2D eigenvalue weighted by Gasteiger charge is -2.25. The van der Waals surface area contributed by atoms with Crippen molar-refractivity contribution in [2.75, 3.05) is 13.1 Å². The first-order valence-corrected chi connectivity index (χ1v) is 9.16. The molecule has 0 saturated carbocycles. The lowest BCUT2D eigenvalue weighted by atomic mass is 9.98. The number of H-pyrrole nitrogens is 1. The first-order valence-electron chi connectivity index (χ1n) is 9.16. The Morgan fingerprint density at radius 1 is 1.15 bits per heavy atom. The summed E-state index contributed by atoms with van der Waals surface area (Å²) < 4.78 is 13.6. The van der Waals surface area contributed by atoms with Crippen molar-refractivity contribution in [2.24, 2.45) is 11.5 Å². The van der Waals surface area contributed by atoms with Gasteiger partial charge in [-0.15, -0.1) is 0 Å². The maximum atomic E-state index is 13.6. The topological polar surface area (TPSA) is 88.1 Å². The fourth-order valence-corrected chi connectivity index (χ4v) is 3.85. The maximum Gasteiger partial charge on any atom is 0.271 e. The zero-order valence-corrected chi connectivity index (χ0v) is 15.0. The highest BCUT2D eigenvalue weighted by atomic mass is 19.1. The predicted molar refractivity (Wildman–Crippen MR) is 105 cm³/mol. The highest BCUT2D eigenvalue weighted by Crippen LogP contribution is 2.38. The second-order valence-electron chi connectivity index (χ2n) is 7.09. The number of hydrogen-bond donors (Lipinski definition) is 3. The lowest BCUT2D eigenvalue weighted by Crippen LogP contribution is -2.42. The number of aromatic amines is 1. The van der Waals surface area contributed by atoms with Gasteiger partial charge in [0, 0.05) is 42.1 Å². The van der Waals surface area contributed by atoms with E-state index < -0.39 is 12.2 Å². The minimum atomic E-state index is -1.15. The van der Waals surface area contributed by atoms with Crippen LogP contribution >= 0.6 is 0 Å². The Morgan fingerprint density at radius 3 is 2.70 bits per heavy atom. The molecule has 0 bridgehead atoms. The number of nitrogens with zero attached hydrogens (tertiary/aromatic N) is 1. The molecule has 0 spiro atoms. The van der Waals surface area contributed by atoms with Crippen molar-refractivity contribution in [1.82, 2.24) is 9.88 Å². The van der Waals surface area contributed by atoms with Crippen LogP contribution in [-0.2, 0) is 6.54 Å². The van der Waals surface area contributed by atoms with Crippen LogP contribution in [0.5, 0.6) is 0 Å². The van der Waals surface area contributed by atoms with Gasteiger partial charge in [0.1, 0.15) is 11.9 Å². The van der Waals surface area contributed by atoms with Gasteiger partial charge in [-0.25, -0.2) is 4.39 Å². The van der Waals surface area contributed by atoms with Gasteiger partial charge in [0.05, 0.1) is 0 Å². The van der Waals surface area contributed by atoms with Crippen LogP contribution in [0.15, 0.2) is 48.5 Å². The maximum absolute atomic E-state index is 13.6. The van der Waals surface area contributed by atoms with E-state index in [1.807, 2.05) is 48.5 Å². The van der Waals surface area contributed by atoms with Crippen molar-refractivity contribution in [1.29, 1.82) is 0 Å². The Bertz CT molecular complexity index is 983. The van der Waals surface area contributed by atoms with Crippen LogP contribution in [-0.4, -0.2) is 41.1 Å². The zero-order chi connectivity index (χ0) is 19.0. The number of nitrogens with two attached hydrogens (primary N) is 2. The highest BCUT2D eigenvalue weighted by molar-refractivity contribution is 6.11. The summed E-state index contributed by atoms with van der Waals surface area (Å²) in [5, 5.41) is 1.02. The molecule has 1 aliphatic rings. The third-order valence-corrected chi connectivity index (χ3v) is 5.12. The average molecular weight is 366 g/mol. The third-order valence-electron chi connectivity index (χ3n) is 5.12. The van der Waals surface area contributed by atoms with Crippen LogP contribution in [0.3, 0.4) is 0 Å². The Hall–Kier alpha value is -2.70. The summed E-state index contributed by atoms with van der Waals surface area (Å²) >= 11 is 0. The van der Waals surface area contributed by atoms with E-state index in [1.165, 1.54) is 0 Å². The minimum absolute atomic E-state index is 0.0589. The standard InChI is InChI=1S/C21H23FN4O/c22-14(10-23)9-15(24)12-26-11-13-5-1-2-6-16(13)19-17-7-3-4-8-18(17)25-20(19)21(26)27/h1-8,14-15,25H,9-12,23-24H2/t14?,15-/m0/s1. The molecule has 0 aliphatic carbocycles. The van der Waals surface area contributed by atoms with Crippen LogP contribution in [0.2, 0.25) is 0 Å². The Labute approximate surface area is 157 Å². The molecular weight excluding hydrogens is 343 g/mol. The van der Waals surface area contributed by atoms with Crippen LogP contribution in [0.4, 0.5) is 4.39 Å². The molecule has 5 N–H and O–H groups in total. The number of carbonyl (C=O) groups is 1. The number of fused-ring (bicyclic) bond motifs is 5. The van der Waals surface area contributed by atoms with Gasteiger partial charge < -0.3 is 21.4 Å². The number of rotatable bonds is 5. The summed E-state index contributed by atoms with van der Waals surface area (Å²) in [6.07, 6.45) is -1.01. The summed E-state index contributed by atoms with van der Waals surface area (Å²) in [5.41, 5.74) is 16.0. The number of aromatic nitrogens is 1. The zero-order valence-electron chi connectivity index (χ0n) is 15.0. The average Bonchev–Trinajstić information content (AvgIpc) is 3.01. The third kappa shape index (κ3) is 3.22. The van der Waals surface area contributed by atoms with Crippen LogP contribution < -0.4 is 11.5 Å². The van der Waals surface area contributed by atoms with E-state index in [0.717, 1.165) is 27.6 Å². The van der Waals surface area contributed by atoms with Gasteiger partial charge in [0.2, 0.25) is 0 Å². The molecule has 2 aromatic carbocycles. The summed E-state index contributed by atoms with van der Waals surface area (Å²) in [5.74, 6) is -0.115. The van der Waals surface area contributed by atoms with Gasteiger partial charge >= 0.3 is 0 Å². The summed E-state index contributed by atoms with van der Waals surface area (Å²) in [7, 11) is 0. The number of benzene rings is 2. The molecule has 2 atom stereocenters. The van der Waals surface area contributed by atoms with Crippen molar-refractivity contribution < 1.29 is 9.18 Å². The Kier molecular flexibility index (Phi) is 4.68. The van der Waals surface area contributed by atoms with Crippen molar-refractivity contribution in [3.63, 3.8) is 0 Å². The molecule has 0 fully saturated rings. The van der Waals surface area contributed by atoms with Crippen molar-refractivity contribution in [3.8, 4) is 11.1 Å². The second kappa shape index (κ2) is 7.13. The normalized spacial score (nSPS) is 16.0. The minimum Gasteiger partial charge on any atom is -0.350 e. The molecule has 140 valence electrons. The highest BCUT2D eigenvalue weighted by Gasteiger charge is 2.30. The number of alkyl halides is 1. The van der Waals surface area contributed by atoms with Crippen LogP contribution in [0.25, 0.3) is 22.0 Å². The van der Waals surface area contributed by atoms with Gasteiger partial charge in [0.25, 0.3) is 5.91 Å². The Morgan fingerprint density at radius 2 is 1.89 bits per heavy atom. The molecular formula is C21H23FN4O. The molecule has 0 saturated heterocycles. The second-order valence-corrected chi connectivity index (χ2v) is 7.09. The summed E-state index contributed by atoms with van der Waals surface area (Å²) in [6, 6.07) is 15.4. The largest absolute Gasteiger partial charge is 0.350 e. The monoisotopic (exact) mass is 366 g/mol. The van der Waals surface area contributed by atoms with E-state index >= 15 is 0 Å². The van der Waals surface area contributed by atoms with Crippen molar-refractivity contribution in [2.45, 2.75) is 25.2 Å². The number of nitrogens with one attached hydrogen (secondary N) is 1. The summed E-state index contributed by atoms with van der Waals surface area (Å²) in [4.78, 5) is 18.3. The smallest absolute Gasteiger partial charge is 0.271 e. The number of halogens is 1. The number of hydrogen-bond acceptors (Lipinski definition) is 3. The van der Waals surface area contributed by atoms with E-state index in [9.17, 15) is 9.18 Å². The molecule has 1 aromatic heterocycles. The predicted octanol–water partition coefficient (Wildman–Crippen LogP) is 2.80. The first-order chi connectivity index (χ1) is 13.1. The van der Waals surface area contributed by atoms with E-state index in [0.29, 0.717) is 12.2 Å². The van der Waals surface area contributed by atoms with Gasteiger partial charge in [-0.05, 0) is 23.6 Å². The van der Waals surface area contributed by atoms with Crippen molar-refractivity contribution in [3.05, 3.63) is 59.8 Å². The fraction of sp³-hybridized carbons (Fsp3) is 0.286. The number of carbonyl (C=O) groups excluding carboxylic acids is 1. The van der Waals surface area contributed by atoms with Gasteiger partial charge in [-0.1, -0.05) is 42.5 Å².